The zero-order valence-electron chi connectivity index (χ0n) is 12.5. The second-order valence-corrected chi connectivity index (χ2v) is 4.78. The van der Waals surface area contributed by atoms with Gasteiger partial charge in [-0.15, -0.1) is 0 Å². The van der Waals surface area contributed by atoms with Crippen molar-refractivity contribution >= 4 is 0 Å². The Bertz CT molecular complexity index is 634. The number of benzene rings is 2. The Hall–Kier alpha value is -2.54. The van der Waals surface area contributed by atoms with Crippen molar-refractivity contribution in [3.8, 4) is 17.6 Å². The molecule has 0 aliphatic heterocycles. The Kier molecular flexibility index (Phi) is 5.79. The van der Waals surface area contributed by atoms with E-state index in [9.17, 15) is 9.65 Å². The van der Waals surface area contributed by atoms with Crippen molar-refractivity contribution in [3.05, 3.63) is 59.9 Å². The molecule has 0 saturated heterocycles. The quantitative estimate of drug-likeness (QED) is 0.765. The second-order valence-electron chi connectivity index (χ2n) is 4.78. The van der Waals surface area contributed by atoms with Crippen LogP contribution in [0.4, 0.5) is 4.39 Å². The lowest BCUT2D eigenvalue weighted by Gasteiger charge is -2.12. The third-order valence-corrected chi connectivity index (χ3v) is 3.22. The van der Waals surface area contributed by atoms with Gasteiger partial charge in [-0.3, -0.25) is 0 Å². The lowest BCUT2D eigenvalue weighted by atomic mass is 9.97. The number of halogens is 1. The van der Waals surface area contributed by atoms with Gasteiger partial charge < -0.3 is 9.47 Å². The molecule has 2 aromatic rings. The molecule has 1 unspecified atom stereocenters. The summed E-state index contributed by atoms with van der Waals surface area (Å²) in [4.78, 5) is 0. The zero-order chi connectivity index (χ0) is 15.8. The van der Waals surface area contributed by atoms with Crippen LogP contribution < -0.4 is 9.47 Å². The average Bonchev–Trinajstić information content (AvgIpc) is 2.53. The van der Waals surface area contributed by atoms with Crippen LogP contribution in [0, 0.1) is 17.1 Å². The van der Waals surface area contributed by atoms with E-state index in [0.29, 0.717) is 25.4 Å². The van der Waals surface area contributed by atoms with Crippen LogP contribution in [0.15, 0.2) is 48.5 Å². The highest BCUT2D eigenvalue weighted by atomic mass is 19.1. The highest BCUT2D eigenvalue weighted by Crippen LogP contribution is 2.22. The third kappa shape index (κ3) is 4.49. The van der Waals surface area contributed by atoms with Crippen molar-refractivity contribution < 1.29 is 13.9 Å². The summed E-state index contributed by atoms with van der Waals surface area (Å²) in [6.45, 7) is 2.90. The van der Waals surface area contributed by atoms with Gasteiger partial charge in [0.2, 0.25) is 0 Å². The van der Waals surface area contributed by atoms with Gasteiger partial charge in [-0.05, 0) is 36.8 Å². The molecule has 2 rings (SSSR count). The minimum Gasteiger partial charge on any atom is -0.494 e. The topological polar surface area (TPSA) is 42.2 Å². The third-order valence-electron chi connectivity index (χ3n) is 3.22. The van der Waals surface area contributed by atoms with Crippen molar-refractivity contribution in [2.45, 2.75) is 19.3 Å². The molecule has 0 spiro atoms. The first-order chi connectivity index (χ1) is 10.7. The van der Waals surface area contributed by atoms with E-state index >= 15 is 0 Å². The molecule has 0 radical (unpaired) electrons. The lowest BCUT2D eigenvalue weighted by Crippen LogP contribution is -2.04. The van der Waals surface area contributed by atoms with Gasteiger partial charge in [0, 0.05) is 12.5 Å². The van der Waals surface area contributed by atoms with Gasteiger partial charge in [-0.2, -0.15) is 5.26 Å². The van der Waals surface area contributed by atoms with Crippen LogP contribution in [0.5, 0.6) is 11.5 Å². The fraction of sp³-hybridized carbons (Fsp3) is 0.278. The van der Waals surface area contributed by atoms with Crippen molar-refractivity contribution in [1.82, 2.24) is 0 Å². The highest BCUT2D eigenvalue weighted by molar-refractivity contribution is 5.32. The number of nitrogens with zero attached hydrogens (tertiary/aromatic N) is 1. The summed E-state index contributed by atoms with van der Waals surface area (Å²) in [6.07, 6.45) is 0.543. The second kappa shape index (κ2) is 8.04. The molecule has 0 aliphatic carbocycles. The summed E-state index contributed by atoms with van der Waals surface area (Å²) in [5.74, 6) is 0.674. The first-order valence-corrected chi connectivity index (χ1v) is 7.23. The molecule has 3 nitrogen and oxygen atoms in total. The SMILES string of the molecule is CCOc1ccc(C(C#N)CCOc2cccc(F)c2)cc1. The molecule has 0 fully saturated rings. The number of hydrogen-bond donors (Lipinski definition) is 0. The fourth-order valence-corrected chi connectivity index (χ4v) is 2.12. The lowest BCUT2D eigenvalue weighted by molar-refractivity contribution is 0.304. The van der Waals surface area contributed by atoms with E-state index in [1.54, 1.807) is 12.1 Å². The normalized spacial score (nSPS) is 11.5. The summed E-state index contributed by atoms with van der Waals surface area (Å²) < 4.78 is 23.9. The van der Waals surface area contributed by atoms with Crippen LogP contribution in [0.3, 0.4) is 0 Å². The largest absolute Gasteiger partial charge is 0.494 e. The van der Waals surface area contributed by atoms with Crippen LogP contribution in [-0.2, 0) is 0 Å². The van der Waals surface area contributed by atoms with Crippen molar-refractivity contribution in [2.75, 3.05) is 13.2 Å². The molecule has 0 saturated carbocycles. The maximum atomic E-state index is 13.0. The van der Waals surface area contributed by atoms with Gasteiger partial charge in [0.05, 0.1) is 25.2 Å². The van der Waals surface area contributed by atoms with Gasteiger partial charge in [-0.1, -0.05) is 18.2 Å². The van der Waals surface area contributed by atoms with Crippen LogP contribution in [0.1, 0.15) is 24.8 Å². The fourth-order valence-electron chi connectivity index (χ4n) is 2.12. The molecule has 4 heteroatoms. The van der Waals surface area contributed by atoms with Crippen LogP contribution in [0.25, 0.3) is 0 Å². The monoisotopic (exact) mass is 299 g/mol. The summed E-state index contributed by atoms with van der Waals surface area (Å²) in [6, 6.07) is 15.8. The number of nitriles is 1. The van der Waals surface area contributed by atoms with Gasteiger partial charge in [0.15, 0.2) is 0 Å². The maximum Gasteiger partial charge on any atom is 0.126 e. The summed E-state index contributed by atoms with van der Waals surface area (Å²) >= 11 is 0. The Labute approximate surface area is 129 Å². The zero-order valence-corrected chi connectivity index (χ0v) is 12.5. The number of rotatable bonds is 7. The Morgan fingerprint density at radius 1 is 1.09 bits per heavy atom. The van der Waals surface area contributed by atoms with Gasteiger partial charge >= 0.3 is 0 Å². The van der Waals surface area contributed by atoms with Crippen LogP contribution in [-0.4, -0.2) is 13.2 Å². The Balaban J connectivity index is 1.90. The van der Waals surface area contributed by atoms with Crippen LogP contribution in [0.2, 0.25) is 0 Å². The molecular formula is C18H18FNO2. The molecule has 1 atom stereocenters. The standard InChI is InChI=1S/C18H18FNO2/c1-2-21-17-8-6-14(7-9-17)15(13-20)10-11-22-18-5-3-4-16(19)12-18/h3-9,12,15H,2,10-11H2,1H3. The predicted molar refractivity (Wildman–Crippen MR) is 82.5 cm³/mol. The Morgan fingerprint density at radius 3 is 2.50 bits per heavy atom. The van der Waals surface area contributed by atoms with E-state index in [4.69, 9.17) is 9.47 Å². The van der Waals surface area contributed by atoms with E-state index in [1.807, 2.05) is 31.2 Å². The summed E-state index contributed by atoms with van der Waals surface area (Å²) in [7, 11) is 0. The minimum atomic E-state index is -0.333. The van der Waals surface area contributed by atoms with E-state index in [2.05, 4.69) is 6.07 Å². The molecule has 0 heterocycles. The van der Waals surface area contributed by atoms with Crippen LogP contribution >= 0.6 is 0 Å². The van der Waals surface area contributed by atoms with Crippen molar-refractivity contribution in [3.63, 3.8) is 0 Å². The molecule has 0 aliphatic rings. The highest BCUT2D eigenvalue weighted by Gasteiger charge is 2.11. The molecule has 22 heavy (non-hydrogen) atoms. The molecule has 0 N–H and O–H groups in total. The molecule has 0 aromatic heterocycles. The smallest absolute Gasteiger partial charge is 0.126 e. The molecular weight excluding hydrogens is 281 g/mol. The summed E-state index contributed by atoms with van der Waals surface area (Å²) in [5.41, 5.74) is 0.925. The minimum absolute atomic E-state index is 0.260. The van der Waals surface area contributed by atoms with E-state index in [0.717, 1.165) is 11.3 Å². The van der Waals surface area contributed by atoms with Gasteiger partial charge in [0.25, 0.3) is 0 Å². The van der Waals surface area contributed by atoms with Gasteiger partial charge in [0.1, 0.15) is 17.3 Å². The number of ether oxygens (including phenoxy) is 2. The van der Waals surface area contributed by atoms with Crippen molar-refractivity contribution in [1.29, 1.82) is 5.26 Å². The first kappa shape index (κ1) is 15.8. The van der Waals surface area contributed by atoms with E-state index in [1.165, 1.54) is 12.1 Å². The van der Waals surface area contributed by atoms with Crippen molar-refractivity contribution in [2.24, 2.45) is 0 Å². The maximum absolute atomic E-state index is 13.0. The summed E-state index contributed by atoms with van der Waals surface area (Å²) in [5, 5.41) is 9.30. The van der Waals surface area contributed by atoms with E-state index in [-0.39, 0.29) is 11.7 Å². The molecule has 0 bridgehead atoms. The average molecular weight is 299 g/mol. The predicted octanol–water partition coefficient (Wildman–Crippen LogP) is 4.30. The van der Waals surface area contributed by atoms with Gasteiger partial charge in [-0.25, -0.2) is 4.39 Å². The van der Waals surface area contributed by atoms with E-state index < -0.39 is 0 Å². The first-order valence-electron chi connectivity index (χ1n) is 7.23. The number of hydrogen-bond acceptors (Lipinski definition) is 3. The molecule has 114 valence electrons. The molecule has 0 amide bonds. The molecule has 2 aromatic carbocycles. The Morgan fingerprint density at radius 2 is 1.86 bits per heavy atom.